The molecule has 1 aromatic carbocycles. The number of amidine groups is 1. The second kappa shape index (κ2) is 6.09. The van der Waals surface area contributed by atoms with E-state index in [4.69, 9.17) is 0 Å². The van der Waals surface area contributed by atoms with E-state index in [1.54, 1.807) is 41.6 Å². The van der Waals surface area contributed by atoms with Gasteiger partial charge in [0.1, 0.15) is 11.5 Å². The van der Waals surface area contributed by atoms with Crippen molar-refractivity contribution in [3.05, 3.63) is 60.2 Å². The second-order valence-corrected chi connectivity index (χ2v) is 6.32. The summed E-state index contributed by atoms with van der Waals surface area (Å²) in [5.74, 6) is 0.0760. The number of carbonyl (C=O) groups excluding carboxylic acids is 1. The molecule has 0 radical (unpaired) electrons. The van der Waals surface area contributed by atoms with Gasteiger partial charge in [-0.25, -0.2) is 9.37 Å². The maximum absolute atomic E-state index is 14.0. The van der Waals surface area contributed by atoms with Crippen LogP contribution in [0.25, 0.3) is 11.0 Å². The lowest BCUT2D eigenvalue weighted by Gasteiger charge is -2.18. The predicted octanol–water partition coefficient (Wildman–Crippen LogP) is 3.45. The fourth-order valence-electron chi connectivity index (χ4n) is 2.67. The lowest BCUT2D eigenvalue weighted by molar-refractivity contribution is 0.100. The van der Waals surface area contributed by atoms with Gasteiger partial charge < -0.3 is 9.88 Å². The molecule has 0 saturated carbocycles. The average molecular weight is 340 g/mol. The molecule has 0 spiro atoms. The van der Waals surface area contributed by atoms with E-state index < -0.39 is 0 Å². The average Bonchev–Trinajstić information content (AvgIpc) is 3.22. The molecular formula is C17H13FN4OS. The van der Waals surface area contributed by atoms with E-state index in [9.17, 15) is 9.18 Å². The standard InChI is InChI=1S/C17H13FN4OS/c18-13-5-1-2-6-14(13)22-8-9-24-17(22)21-16(23)12-10-20-15-11(12)4-3-7-19-15/h1-7,10H,8-9H2,(H,19,20). The Balaban J connectivity index is 1.69. The summed E-state index contributed by atoms with van der Waals surface area (Å²) < 4.78 is 14.0. The van der Waals surface area contributed by atoms with Crippen LogP contribution in [0, 0.1) is 5.82 Å². The van der Waals surface area contributed by atoms with Gasteiger partial charge in [0, 0.05) is 30.1 Å². The number of hydrogen-bond donors (Lipinski definition) is 1. The van der Waals surface area contributed by atoms with Crippen LogP contribution in [0.5, 0.6) is 0 Å². The Morgan fingerprint density at radius 1 is 1.29 bits per heavy atom. The van der Waals surface area contributed by atoms with Crippen LogP contribution in [-0.2, 0) is 0 Å². The number of aliphatic imine (C=N–C) groups is 1. The van der Waals surface area contributed by atoms with Crippen LogP contribution in [0.4, 0.5) is 10.1 Å². The highest BCUT2D eigenvalue weighted by atomic mass is 32.2. The number of pyridine rings is 1. The van der Waals surface area contributed by atoms with Gasteiger partial charge >= 0.3 is 0 Å². The Hall–Kier alpha value is -2.67. The molecule has 0 atom stereocenters. The topological polar surface area (TPSA) is 61.4 Å². The highest BCUT2D eigenvalue weighted by Crippen LogP contribution is 2.28. The zero-order valence-electron chi connectivity index (χ0n) is 12.6. The summed E-state index contributed by atoms with van der Waals surface area (Å²) in [6.45, 7) is 0.618. The quantitative estimate of drug-likeness (QED) is 0.776. The van der Waals surface area contributed by atoms with Gasteiger partial charge in [-0.15, -0.1) is 0 Å². The van der Waals surface area contributed by atoms with Crippen molar-refractivity contribution < 1.29 is 9.18 Å². The molecule has 0 aliphatic carbocycles. The minimum Gasteiger partial charge on any atom is -0.345 e. The minimum absolute atomic E-state index is 0.323. The fourth-order valence-corrected chi connectivity index (χ4v) is 3.62. The number of benzene rings is 1. The maximum Gasteiger partial charge on any atom is 0.281 e. The maximum atomic E-state index is 14.0. The summed E-state index contributed by atoms with van der Waals surface area (Å²) in [6.07, 6.45) is 3.27. The number of halogens is 1. The number of amides is 1. The Morgan fingerprint density at radius 3 is 3.04 bits per heavy atom. The van der Waals surface area contributed by atoms with Crippen LogP contribution >= 0.6 is 11.8 Å². The van der Waals surface area contributed by atoms with Gasteiger partial charge in [-0.1, -0.05) is 23.9 Å². The summed E-state index contributed by atoms with van der Waals surface area (Å²) in [6, 6.07) is 10.1. The van der Waals surface area contributed by atoms with Crippen LogP contribution in [0.2, 0.25) is 0 Å². The molecule has 0 bridgehead atoms. The molecule has 0 unspecified atom stereocenters. The summed E-state index contributed by atoms with van der Waals surface area (Å²) in [5, 5.41) is 1.25. The Kier molecular flexibility index (Phi) is 3.78. The molecule has 1 fully saturated rings. The van der Waals surface area contributed by atoms with Crippen LogP contribution in [0.1, 0.15) is 10.4 Å². The Labute approximate surface area is 141 Å². The molecule has 1 N–H and O–H groups in total. The molecule has 1 aliphatic rings. The molecule has 2 aromatic heterocycles. The Bertz CT molecular complexity index is 952. The second-order valence-electron chi connectivity index (χ2n) is 5.25. The van der Waals surface area contributed by atoms with Gasteiger partial charge in [-0.3, -0.25) is 4.79 Å². The van der Waals surface area contributed by atoms with Crippen molar-refractivity contribution in [3.63, 3.8) is 0 Å². The van der Waals surface area contributed by atoms with Gasteiger partial charge in [-0.2, -0.15) is 4.99 Å². The van der Waals surface area contributed by atoms with Gasteiger partial charge in [0.25, 0.3) is 5.91 Å². The van der Waals surface area contributed by atoms with Crippen LogP contribution in [0.15, 0.2) is 53.8 Å². The van der Waals surface area contributed by atoms with Gasteiger partial charge in [0.05, 0.1) is 11.3 Å². The molecule has 3 heterocycles. The molecule has 7 heteroatoms. The smallest absolute Gasteiger partial charge is 0.281 e. The van der Waals surface area contributed by atoms with Crippen molar-refractivity contribution in [3.8, 4) is 0 Å². The van der Waals surface area contributed by atoms with Crippen molar-refractivity contribution in [2.45, 2.75) is 0 Å². The van der Waals surface area contributed by atoms with E-state index in [-0.39, 0.29) is 11.7 Å². The SMILES string of the molecule is O=C(N=C1SCCN1c1ccccc1F)c1c[nH]c2ncccc12. The molecule has 4 rings (SSSR count). The minimum atomic E-state index is -0.361. The van der Waals surface area contributed by atoms with Crippen molar-refractivity contribution in [2.24, 2.45) is 4.99 Å². The molecule has 24 heavy (non-hydrogen) atoms. The summed E-state index contributed by atoms with van der Waals surface area (Å²) >= 11 is 1.45. The highest BCUT2D eigenvalue weighted by molar-refractivity contribution is 8.14. The zero-order valence-corrected chi connectivity index (χ0v) is 13.4. The molecule has 5 nitrogen and oxygen atoms in total. The van der Waals surface area contributed by atoms with E-state index in [1.807, 2.05) is 6.07 Å². The van der Waals surface area contributed by atoms with E-state index in [2.05, 4.69) is 15.0 Å². The van der Waals surface area contributed by atoms with Crippen molar-refractivity contribution >= 4 is 39.6 Å². The molecule has 3 aromatic rings. The first-order chi connectivity index (χ1) is 11.7. The number of aromatic amines is 1. The highest BCUT2D eigenvalue weighted by Gasteiger charge is 2.25. The van der Waals surface area contributed by atoms with Crippen LogP contribution < -0.4 is 4.90 Å². The first-order valence-corrected chi connectivity index (χ1v) is 8.42. The number of nitrogens with one attached hydrogen (secondary N) is 1. The summed E-state index contributed by atoms with van der Waals surface area (Å²) in [7, 11) is 0. The molecule has 1 aliphatic heterocycles. The van der Waals surface area contributed by atoms with Crippen LogP contribution in [0.3, 0.4) is 0 Å². The third-order valence-electron chi connectivity index (χ3n) is 3.80. The van der Waals surface area contributed by atoms with Crippen molar-refractivity contribution in [2.75, 3.05) is 17.2 Å². The first kappa shape index (κ1) is 14.9. The number of para-hydroxylation sites is 1. The number of hydrogen-bond acceptors (Lipinski definition) is 3. The molecule has 1 amide bonds. The fraction of sp³-hybridized carbons (Fsp3) is 0.118. The van der Waals surface area contributed by atoms with E-state index in [0.29, 0.717) is 28.6 Å². The number of anilines is 1. The number of nitrogens with zero attached hydrogens (tertiary/aromatic N) is 3. The first-order valence-electron chi connectivity index (χ1n) is 7.44. The zero-order chi connectivity index (χ0) is 16.5. The summed E-state index contributed by atoms with van der Waals surface area (Å²) in [4.78, 5) is 25.7. The number of fused-ring (bicyclic) bond motifs is 1. The molecule has 120 valence electrons. The summed E-state index contributed by atoms with van der Waals surface area (Å²) in [5.41, 5.74) is 1.55. The lowest BCUT2D eigenvalue weighted by atomic mass is 10.2. The largest absolute Gasteiger partial charge is 0.345 e. The number of rotatable bonds is 2. The number of carbonyl (C=O) groups is 1. The normalized spacial score (nSPS) is 16.2. The third-order valence-corrected chi connectivity index (χ3v) is 4.76. The van der Waals surface area contributed by atoms with E-state index in [1.165, 1.54) is 17.8 Å². The number of thioether (sulfide) groups is 1. The van der Waals surface area contributed by atoms with E-state index in [0.717, 1.165) is 11.1 Å². The van der Waals surface area contributed by atoms with Crippen molar-refractivity contribution in [1.29, 1.82) is 0 Å². The number of aromatic nitrogens is 2. The van der Waals surface area contributed by atoms with Gasteiger partial charge in [0.2, 0.25) is 0 Å². The molecule has 1 saturated heterocycles. The van der Waals surface area contributed by atoms with Gasteiger partial charge in [-0.05, 0) is 24.3 Å². The lowest BCUT2D eigenvalue weighted by Crippen LogP contribution is -2.25. The third kappa shape index (κ3) is 2.56. The number of H-pyrrole nitrogens is 1. The monoisotopic (exact) mass is 340 g/mol. The predicted molar refractivity (Wildman–Crippen MR) is 94.1 cm³/mol. The van der Waals surface area contributed by atoms with Crippen molar-refractivity contribution in [1.82, 2.24) is 9.97 Å². The van der Waals surface area contributed by atoms with E-state index >= 15 is 0 Å². The molecular weight excluding hydrogens is 327 g/mol. The van der Waals surface area contributed by atoms with Gasteiger partial charge in [0.15, 0.2) is 5.17 Å². The Morgan fingerprint density at radius 2 is 2.17 bits per heavy atom. The van der Waals surface area contributed by atoms with Crippen LogP contribution in [-0.4, -0.2) is 33.3 Å².